The Labute approximate surface area is 213 Å². The van der Waals surface area contributed by atoms with Gasteiger partial charge in [0.05, 0.1) is 22.3 Å². The lowest BCUT2D eigenvalue weighted by molar-refractivity contribution is -0.145. The molecule has 0 aliphatic carbocycles. The van der Waals surface area contributed by atoms with Gasteiger partial charge < -0.3 is 25.8 Å². The zero-order valence-corrected chi connectivity index (χ0v) is 21.3. The van der Waals surface area contributed by atoms with Gasteiger partial charge in [-0.05, 0) is 37.5 Å². The Morgan fingerprint density at radius 3 is 2.68 bits per heavy atom. The summed E-state index contributed by atoms with van der Waals surface area (Å²) in [6.45, 7) is 3.75. The monoisotopic (exact) mass is 527 g/mol. The zero-order chi connectivity index (χ0) is 26.2. The van der Waals surface area contributed by atoms with Gasteiger partial charge in [-0.25, -0.2) is 18.4 Å². The SMILES string of the molecule is CCCn1c(CCC(=O)OCc2nc3nc(N)nc(N)c3[nH]2)nc2cc(S(=O)(=O)N3CCCC3)ccc21. The van der Waals surface area contributed by atoms with Gasteiger partial charge in [-0.2, -0.15) is 14.3 Å². The average Bonchev–Trinajstić information content (AvgIpc) is 3.61. The summed E-state index contributed by atoms with van der Waals surface area (Å²) in [4.78, 5) is 32.5. The van der Waals surface area contributed by atoms with E-state index in [9.17, 15) is 13.2 Å². The molecule has 0 atom stereocenters. The molecule has 5 N–H and O–H groups in total. The van der Waals surface area contributed by atoms with E-state index in [4.69, 9.17) is 16.2 Å². The number of imidazole rings is 2. The molecule has 37 heavy (non-hydrogen) atoms. The van der Waals surface area contributed by atoms with E-state index in [0.717, 1.165) is 24.8 Å². The topological polar surface area (TPSA) is 188 Å². The van der Waals surface area contributed by atoms with Crippen LogP contribution in [0.2, 0.25) is 0 Å². The Hall–Kier alpha value is -3.78. The number of sulfonamides is 1. The molecule has 0 bridgehead atoms. The highest BCUT2D eigenvalue weighted by atomic mass is 32.2. The molecule has 0 saturated carbocycles. The van der Waals surface area contributed by atoms with E-state index in [2.05, 4.69) is 24.9 Å². The van der Waals surface area contributed by atoms with Crippen molar-refractivity contribution in [2.45, 2.75) is 57.1 Å². The van der Waals surface area contributed by atoms with Crippen molar-refractivity contribution in [3.05, 3.63) is 29.8 Å². The molecule has 4 heterocycles. The number of rotatable bonds is 9. The second-order valence-corrected chi connectivity index (χ2v) is 10.9. The summed E-state index contributed by atoms with van der Waals surface area (Å²) in [7, 11) is -3.54. The minimum absolute atomic E-state index is 0.00998. The summed E-state index contributed by atoms with van der Waals surface area (Å²) in [5.41, 5.74) is 13.6. The predicted molar refractivity (Wildman–Crippen MR) is 137 cm³/mol. The van der Waals surface area contributed by atoms with Crippen LogP contribution in [-0.4, -0.2) is 61.3 Å². The Balaban J connectivity index is 1.28. The van der Waals surface area contributed by atoms with E-state index >= 15 is 0 Å². The van der Waals surface area contributed by atoms with Crippen molar-refractivity contribution in [3.63, 3.8) is 0 Å². The normalized spacial score (nSPS) is 14.6. The first kappa shape index (κ1) is 24.9. The molecule has 1 fully saturated rings. The molecular formula is C23H29N9O4S. The smallest absolute Gasteiger partial charge is 0.306 e. The van der Waals surface area contributed by atoms with Gasteiger partial charge in [0.15, 0.2) is 11.5 Å². The molecule has 0 radical (unpaired) electrons. The van der Waals surface area contributed by atoms with Gasteiger partial charge in [0.1, 0.15) is 23.8 Å². The number of aromatic amines is 1. The van der Waals surface area contributed by atoms with E-state index in [1.807, 2.05) is 11.5 Å². The molecule has 1 saturated heterocycles. The third kappa shape index (κ3) is 4.93. The predicted octanol–water partition coefficient (Wildman–Crippen LogP) is 1.74. The largest absolute Gasteiger partial charge is 0.458 e. The summed E-state index contributed by atoms with van der Waals surface area (Å²) < 4.78 is 34.9. The fraction of sp³-hybridized carbons (Fsp3) is 0.435. The molecule has 0 unspecified atom stereocenters. The van der Waals surface area contributed by atoms with Crippen molar-refractivity contribution in [1.82, 2.24) is 33.8 Å². The molecule has 4 aromatic rings. The van der Waals surface area contributed by atoms with Crippen LogP contribution in [0.3, 0.4) is 0 Å². The highest BCUT2D eigenvalue weighted by Crippen LogP contribution is 2.26. The van der Waals surface area contributed by atoms with E-state index < -0.39 is 16.0 Å². The second kappa shape index (κ2) is 9.94. The lowest BCUT2D eigenvalue weighted by atomic mass is 10.3. The van der Waals surface area contributed by atoms with E-state index in [-0.39, 0.29) is 29.7 Å². The summed E-state index contributed by atoms with van der Waals surface area (Å²) in [5, 5.41) is 0. The Morgan fingerprint density at radius 1 is 1.14 bits per heavy atom. The molecule has 196 valence electrons. The van der Waals surface area contributed by atoms with Crippen molar-refractivity contribution in [3.8, 4) is 0 Å². The number of H-pyrrole nitrogens is 1. The maximum absolute atomic E-state index is 13.0. The van der Waals surface area contributed by atoms with Crippen LogP contribution in [0.15, 0.2) is 23.1 Å². The van der Waals surface area contributed by atoms with E-state index in [1.165, 1.54) is 4.31 Å². The highest BCUT2D eigenvalue weighted by Gasteiger charge is 2.28. The number of carbonyl (C=O) groups is 1. The quantitative estimate of drug-likeness (QED) is 0.270. The first-order valence-electron chi connectivity index (χ1n) is 12.2. The zero-order valence-electron chi connectivity index (χ0n) is 20.5. The molecule has 14 heteroatoms. The van der Waals surface area contributed by atoms with Gasteiger partial charge in [-0.3, -0.25) is 4.79 Å². The number of nitrogens with two attached hydrogens (primary N) is 2. The Bertz CT molecular complexity index is 1570. The Kier molecular flexibility index (Phi) is 6.69. The number of anilines is 2. The van der Waals surface area contributed by atoms with Crippen LogP contribution in [0.25, 0.3) is 22.2 Å². The lowest BCUT2D eigenvalue weighted by Crippen LogP contribution is -2.27. The first-order valence-corrected chi connectivity index (χ1v) is 13.6. The fourth-order valence-corrected chi connectivity index (χ4v) is 6.09. The molecule has 1 aromatic carbocycles. The molecule has 0 spiro atoms. The number of nitrogen functional groups attached to an aromatic ring is 2. The van der Waals surface area contributed by atoms with Crippen molar-refractivity contribution in [2.75, 3.05) is 24.6 Å². The van der Waals surface area contributed by atoms with Crippen molar-refractivity contribution in [2.24, 2.45) is 0 Å². The van der Waals surface area contributed by atoms with Crippen LogP contribution in [-0.2, 0) is 39.1 Å². The number of hydrogen-bond donors (Lipinski definition) is 3. The average molecular weight is 528 g/mol. The van der Waals surface area contributed by atoms with Crippen molar-refractivity contribution in [1.29, 1.82) is 0 Å². The molecule has 1 aliphatic heterocycles. The number of ether oxygens (including phenoxy) is 1. The number of benzene rings is 1. The number of aromatic nitrogens is 6. The van der Waals surface area contributed by atoms with Crippen LogP contribution < -0.4 is 11.5 Å². The van der Waals surface area contributed by atoms with Crippen molar-refractivity contribution >= 4 is 50.0 Å². The maximum atomic E-state index is 13.0. The van der Waals surface area contributed by atoms with Gasteiger partial charge in [0, 0.05) is 26.1 Å². The molecule has 13 nitrogen and oxygen atoms in total. The van der Waals surface area contributed by atoms with Crippen molar-refractivity contribution < 1.29 is 17.9 Å². The maximum Gasteiger partial charge on any atom is 0.306 e. The van der Waals surface area contributed by atoms with Gasteiger partial charge in [-0.1, -0.05) is 6.92 Å². The summed E-state index contributed by atoms with van der Waals surface area (Å²) in [6, 6.07) is 5.06. The van der Waals surface area contributed by atoms with Crippen LogP contribution in [0, 0.1) is 0 Å². The summed E-state index contributed by atoms with van der Waals surface area (Å²) >= 11 is 0. The van der Waals surface area contributed by atoms with Crippen LogP contribution >= 0.6 is 0 Å². The van der Waals surface area contributed by atoms with Gasteiger partial charge in [0.2, 0.25) is 16.0 Å². The molecule has 0 amide bonds. The minimum Gasteiger partial charge on any atom is -0.458 e. The summed E-state index contributed by atoms with van der Waals surface area (Å²) in [6.07, 6.45) is 3.05. The van der Waals surface area contributed by atoms with Crippen LogP contribution in [0.1, 0.15) is 44.3 Å². The standard InChI is InChI=1S/C23H29N9O4S/c1-2-9-32-16-6-5-14(37(34,35)31-10-3-4-11-31)12-15(16)26-18(32)7-8-19(33)36-13-17-27-20-21(24)29-23(25)30-22(20)28-17/h5-6,12H,2-4,7-11,13H2,1H3,(H5,24,25,27,28,29,30). The number of nitrogens with zero attached hydrogens (tertiary/aromatic N) is 6. The molecular weight excluding hydrogens is 498 g/mol. The number of hydrogen-bond acceptors (Lipinski definition) is 10. The van der Waals surface area contributed by atoms with Gasteiger partial charge in [-0.15, -0.1) is 0 Å². The highest BCUT2D eigenvalue weighted by molar-refractivity contribution is 7.89. The van der Waals surface area contributed by atoms with Crippen LogP contribution in [0.4, 0.5) is 11.8 Å². The fourth-order valence-electron chi connectivity index (χ4n) is 4.55. The number of esters is 1. The molecule has 3 aromatic heterocycles. The third-order valence-electron chi connectivity index (χ3n) is 6.32. The van der Waals surface area contributed by atoms with Crippen LogP contribution in [0.5, 0.6) is 0 Å². The molecule has 1 aliphatic rings. The number of nitrogens with one attached hydrogen (secondary N) is 1. The Morgan fingerprint density at radius 2 is 1.92 bits per heavy atom. The first-order chi connectivity index (χ1) is 17.8. The van der Waals surface area contributed by atoms with Gasteiger partial charge in [0.25, 0.3) is 0 Å². The van der Waals surface area contributed by atoms with Gasteiger partial charge >= 0.3 is 5.97 Å². The molecule has 5 rings (SSSR count). The number of carbonyl (C=O) groups excluding carboxylic acids is 1. The number of aryl methyl sites for hydroxylation is 2. The van der Waals surface area contributed by atoms with E-state index in [1.54, 1.807) is 18.2 Å². The lowest BCUT2D eigenvalue weighted by Gasteiger charge is -2.15. The van der Waals surface area contributed by atoms with E-state index in [0.29, 0.717) is 54.4 Å². The number of fused-ring (bicyclic) bond motifs is 2. The third-order valence-corrected chi connectivity index (χ3v) is 8.21. The second-order valence-electron chi connectivity index (χ2n) is 8.95. The minimum atomic E-state index is -3.54. The summed E-state index contributed by atoms with van der Waals surface area (Å²) in [5.74, 6) is 0.827.